The monoisotopic (exact) mass is 368 g/mol. The third-order valence-corrected chi connectivity index (χ3v) is 4.98. The number of oxazole rings is 1. The molecule has 0 atom stereocenters. The number of hydrogen-bond acceptors (Lipinski definition) is 5. The van der Waals surface area contributed by atoms with Gasteiger partial charge in [-0.2, -0.15) is 0 Å². The van der Waals surface area contributed by atoms with Crippen LogP contribution < -0.4 is 10.5 Å². The van der Waals surface area contributed by atoms with Gasteiger partial charge < -0.3 is 19.5 Å². The van der Waals surface area contributed by atoms with Crippen molar-refractivity contribution in [2.45, 2.75) is 39.0 Å². The molecule has 1 fully saturated rings. The number of piperidine rings is 1. The second kappa shape index (κ2) is 7.44. The molecule has 0 radical (unpaired) electrons. The smallest absolute Gasteiger partial charge is 0.237 e. The number of fused-ring (bicyclic) bond motifs is 1. The predicted molar refractivity (Wildman–Crippen MR) is 101 cm³/mol. The molecule has 0 saturated carbocycles. The van der Waals surface area contributed by atoms with Crippen molar-refractivity contribution in [1.82, 2.24) is 14.5 Å². The molecule has 1 aliphatic rings. The zero-order chi connectivity index (χ0) is 18.8. The standard InChI is InChI=1S/C20H24N4O3/c1-14-22-15(13-26-14)11-23-8-5-16(6-9-23)27-19-4-2-3-18-17(19)7-10-24(18)12-20(21)25/h2-4,7,10,13,16H,5-6,8-9,11-12H2,1H3,(H2,21,25). The number of carbonyl (C=O) groups is 1. The van der Waals surface area contributed by atoms with Gasteiger partial charge in [0.25, 0.3) is 0 Å². The molecule has 1 aliphatic heterocycles. The molecular formula is C20H24N4O3. The lowest BCUT2D eigenvalue weighted by Crippen LogP contribution is -2.37. The molecule has 1 amide bonds. The van der Waals surface area contributed by atoms with E-state index in [1.165, 1.54) is 0 Å². The summed E-state index contributed by atoms with van der Waals surface area (Å²) >= 11 is 0. The van der Waals surface area contributed by atoms with Crippen LogP contribution in [0.2, 0.25) is 0 Å². The van der Waals surface area contributed by atoms with Gasteiger partial charge in [0.05, 0.1) is 11.2 Å². The summed E-state index contributed by atoms with van der Waals surface area (Å²) in [6.45, 7) is 4.79. The molecule has 4 rings (SSSR count). The molecular weight excluding hydrogens is 344 g/mol. The van der Waals surface area contributed by atoms with Crippen molar-refractivity contribution in [3.63, 3.8) is 0 Å². The summed E-state index contributed by atoms with van der Waals surface area (Å²) in [4.78, 5) is 18.0. The van der Waals surface area contributed by atoms with Crippen molar-refractivity contribution in [3.05, 3.63) is 48.3 Å². The summed E-state index contributed by atoms with van der Waals surface area (Å²) in [5.41, 5.74) is 7.27. The number of nitrogens with zero attached hydrogens (tertiary/aromatic N) is 3. The molecule has 1 aromatic carbocycles. The summed E-state index contributed by atoms with van der Waals surface area (Å²) in [5, 5.41) is 1.01. The maximum absolute atomic E-state index is 11.2. The van der Waals surface area contributed by atoms with Gasteiger partial charge >= 0.3 is 0 Å². The van der Waals surface area contributed by atoms with Crippen molar-refractivity contribution in [2.75, 3.05) is 13.1 Å². The molecule has 27 heavy (non-hydrogen) atoms. The number of nitrogens with two attached hydrogens (primary N) is 1. The number of primary amides is 1. The van der Waals surface area contributed by atoms with Crippen LogP contribution in [-0.4, -0.2) is 39.6 Å². The average Bonchev–Trinajstić information content (AvgIpc) is 3.23. The number of likely N-dealkylation sites (tertiary alicyclic amines) is 1. The highest BCUT2D eigenvalue weighted by molar-refractivity contribution is 5.87. The lowest BCUT2D eigenvalue weighted by atomic mass is 10.1. The Morgan fingerprint density at radius 1 is 1.33 bits per heavy atom. The lowest BCUT2D eigenvalue weighted by molar-refractivity contribution is -0.118. The second-order valence-corrected chi connectivity index (χ2v) is 7.05. The van der Waals surface area contributed by atoms with E-state index in [1.54, 1.807) is 6.26 Å². The topological polar surface area (TPSA) is 86.5 Å². The Hall–Kier alpha value is -2.80. The van der Waals surface area contributed by atoms with E-state index in [2.05, 4.69) is 9.88 Å². The van der Waals surface area contributed by atoms with Crippen LogP contribution in [-0.2, 0) is 17.9 Å². The van der Waals surface area contributed by atoms with Gasteiger partial charge in [-0.05, 0) is 31.0 Å². The molecule has 0 spiro atoms. The Kier molecular flexibility index (Phi) is 4.85. The SMILES string of the molecule is Cc1nc(CN2CCC(Oc3cccc4c3ccn4CC(N)=O)CC2)co1. The maximum atomic E-state index is 11.2. The van der Waals surface area contributed by atoms with Gasteiger partial charge in [0.2, 0.25) is 5.91 Å². The van der Waals surface area contributed by atoms with Crippen LogP contribution in [0.4, 0.5) is 0 Å². The number of benzene rings is 1. The largest absolute Gasteiger partial charge is 0.490 e. The Morgan fingerprint density at radius 2 is 2.15 bits per heavy atom. The first-order valence-electron chi connectivity index (χ1n) is 9.24. The maximum Gasteiger partial charge on any atom is 0.237 e. The number of carbonyl (C=O) groups excluding carboxylic acids is 1. The van der Waals surface area contributed by atoms with Crippen LogP contribution in [0.5, 0.6) is 5.75 Å². The minimum Gasteiger partial charge on any atom is -0.490 e. The van der Waals surface area contributed by atoms with E-state index < -0.39 is 0 Å². The second-order valence-electron chi connectivity index (χ2n) is 7.05. The fourth-order valence-electron chi connectivity index (χ4n) is 3.68. The molecule has 0 bridgehead atoms. The van der Waals surface area contributed by atoms with Crippen LogP contribution in [0.1, 0.15) is 24.4 Å². The van der Waals surface area contributed by atoms with Crippen LogP contribution >= 0.6 is 0 Å². The molecule has 2 N–H and O–H groups in total. The minimum absolute atomic E-state index is 0.173. The first kappa shape index (κ1) is 17.6. The highest BCUT2D eigenvalue weighted by Gasteiger charge is 2.22. The quantitative estimate of drug-likeness (QED) is 0.722. The molecule has 7 heteroatoms. The van der Waals surface area contributed by atoms with Gasteiger partial charge in [0.1, 0.15) is 24.7 Å². The van der Waals surface area contributed by atoms with Crippen LogP contribution in [0.15, 0.2) is 41.1 Å². The molecule has 3 heterocycles. The molecule has 2 aromatic heterocycles. The van der Waals surface area contributed by atoms with Gasteiger partial charge in [-0.25, -0.2) is 4.98 Å². The Morgan fingerprint density at radius 3 is 2.85 bits per heavy atom. The highest BCUT2D eigenvalue weighted by Crippen LogP contribution is 2.29. The van der Waals surface area contributed by atoms with E-state index in [4.69, 9.17) is 14.9 Å². The van der Waals surface area contributed by atoms with Gasteiger partial charge in [0, 0.05) is 38.1 Å². The number of rotatable bonds is 6. The molecule has 1 saturated heterocycles. The molecule has 7 nitrogen and oxygen atoms in total. The lowest BCUT2D eigenvalue weighted by Gasteiger charge is -2.31. The van der Waals surface area contributed by atoms with E-state index >= 15 is 0 Å². The third kappa shape index (κ3) is 3.98. The zero-order valence-corrected chi connectivity index (χ0v) is 15.4. The van der Waals surface area contributed by atoms with Crippen molar-refractivity contribution < 1.29 is 13.9 Å². The van der Waals surface area contributed by atoms with E-state index in [9.17, 15) is 4.79 Å². The summed E-state index contributed by atoms with van der Waals surface area (Å²) < 4.78 is 13.4. The van der Waals surface area contributed by atoms with Crippen LogP contribution in [0.25, 0.3) is 10.9 Å². The Bertz CT molecular complexity index is 938. The van der Waals surface area contributed by atoms with Crippen molar-refractivity contribution in [3.8, 4) is 5.75 Å². The van der Waals surface area contributed by atoms with E-state index in [-0.39, 0.29) is 18.6 Å². The molecule has 3 aromatic rings. The summed E-state index contributed by atoms with van der Waals surface area (Å²) in [7, 11) is 0. The van der Waals surface area contributed by atoms with Crippen molar-refractivity contribution in [2.24, 2.45) is 5.73 Å². The summed E-state index contributed by atoms with van der Waals surface area (Å²) in [6, 6.07) is 7.90. The normalized spacial score (nSPS) is 16.0. The predicted octanol–water partition coefficient (Wildman–Crippen LogP) is 2.47. The third-order valence-electron chi connectivity index (χ3n) is 4.98. The molecule has 142 valence electrons. The summed E-state index contributed by atoms with van der Waals surface area (Å²) in [5.74, 6) is 1.22. The van der Waals surface area contributed by atoms with E-state index in [0.717, 1.165) is 54.8 Å². The van der Waals surface area contributed by atoms with Gasteiger partial charge in [-0.3, -0.25) is 9.69 Å². The highest BCUT2D eigenvalue weighted by atomic mass is 16.5. The van der Waals surface area contributed by atoms with Crippen LogP contribution in [0, 0.1) is 6.92 Å². The molecule has 0 aliphatic carbocycles. The van der Waals surface area contributed by atoms with Gasteiger partial charge in [0.15, 0.2) is 5.89 Å². The Balaban J connectivity index is 1.39. The van der Waals surface area contributed by atoms with Gasteiger partial charge in [-0.1, -0.05) is 6.07 Å². The minimum atomic E-state index is -0.353. The average molecular weight is 368 g/mol. The fraction of sp³-hybridized carbons (Fsp3) is 0.400. The van der Waals surface area contributed by atoms with E-state index in [1.807, 2.05) is 42.0 Å². The summed E-state index contributed by atoms with van der Waals surface area (Å²) in [6.07, 6.45) is 5.73. The molecule has 0 unspecified atom stereocenters. The number of hydrogen-bond donors (Lipinski definition) is 1. The van der Waals surface area contributed by atoms with Crippen molar-refractivity contribution in [1.29, 1.82) is 0 Å². The van der Waals surface area contributed by atoms with E-state index in [0.29, 0.717) is 5.89 Å². The van der Waals surface area contributed by atoms with Crippen LogP contribution in [0.3, 0.4) is 0 Å². The fourth-order valence-corrected chi connectivity index (χ4v) is 3.68. The zero-order valence-electron chi connectivity index (χ0n) is 15.4. The number of aromatic nitrogens is 2. The first-order chi connectivity index (χ1) is 13.1. The number of aryl methyl sites for hydroxylation is 1. The number of amides is 1. The number of ether oxygens (including phenoxy) is 1. The Labute approximate surface area is 157 Å². The van der Waals surface area contributed by atoms with Gasteiger partial charge in [-0.15, -0.1) is 0 Å². The first-order valence-corrected chi connectivity index (χ1v) is 9.24. The van der Waals surface area contributed by atoms with Crippen molar-refractivity contribution >= 4 is 16.8 Å².